The fourth-order valence-electron chi connectivity index (χ4n) is 6.01. The molecule has 288 valence electrons. The lowest BCUT2D eigenvalue weighted by atomic mass is 10.1. The summed E-state index contributed by atoms with van der Waals surface area (Å²) in [6, 6.07) is 0. The zero-order chi connectivity index (χ0) is 35.9. The number of hydrogen-bond donors (Lipinski definition) is 0. The molecule has 0 aliphatic heterocycles. The molecule has 0 fully saturated rings. The molecule has 0 aliphatic carbocycles. The SMILES string of the molecule is CCCC/C=C\CCCCCCC(=O)OC(COC(=O)CCCCCCCCCCCC)COC(=O)CCCCCCCCCCCCC. The fraction of sp³-hybridized carbons (Fsp3) is 0.884. The van der Waals surface area contributed by atoms with Crippen molar-refractivity contribution in [1.29, 1.82) is 0 Å². The Morgan fingerprint density at radius 1 is 0.388 bits per heavy atom. The highest BCUT2D eigenvalue weighted by atomic mass is 16.6. The number of carbonyl (C=O) groups excluding carboxylic acids is 3. The van der Waals surface area contributed by atoms with Crippen molar-refractivity contribution >= 4 is 17.9 Å². The lowest BCUT2D eigenvalue weighted by Crippen LogP contribution is -2.30. The predicted molar refractivity (Wildman–Crippen MR) is 206 cm³/mol. The lowest BCUT2D eigenvalue weighted by Gasteiger charge is -2.18. The Bertz CT molecular complexity index is 763. The summed E-state index contributed by atoms with van der Waals surface area (Å²) in [5.74, 6) is -0.884. The largest absolute Gasteiger partial charge is 0.462 e. The molecule has 1 unspecified atom stereocenters. The molecule has 0 aromatic carbocycles. The van der Waals surface area contributed by atoms with Crippen molar-refractivity contribution in [3.63, 3.8) is 0 Å². The predicted octanol–water partition coefficient (Wildman–Crippen LogP) is 13.1. The number of esters is 3. The molecule has 0 spiro atoms. The fourth-order valence-corrected chi connectivity index (χ4v) is 6.01. The van der Waals surface area contributed by atoms with Crippen LogP contribution in [0.2, 0.25) is 0 Å². The maximum absolute atomic E-state index is 12.6. The van der Waals surface area contributed by atoms with Gasteiger partial charge in [-0.15, -0.1) is 0 Å². The first kappa shape index (κ1) is 47.1. The minimum Gasteiger partial charge on any atom is -0.462 e. The van der Waals surface area contributed by atoms with Gasteiger partial charge >= 0.3 is 17.9 Å². The van der Waals surface area contributed by atoms with Crippen LogP contribution in [0, 0.1) is 0 Å². The molecule has 0 aromatic rings. The van der Waals surface area contributed by atoms with Crippen LogP contribution in [0.25, 0.3) is 0 Å². The van der Waals surface area contributed by atoms with Gasteiger partial charge in [-0.25, -0.2) is 0 Å². The van der Waals surface area contributed by atoms with E-state index >= 15 is 0 Å². The standard InChI is InChI=1S/C43H80O6/c1-4-7-10-13-16-19-22-25-27-30-33-36-42(45)48-39-40(49-43(46)37-34-31-28-24-21-18-15-12-9-6-3)38-47-41(44)35-32-29-26-23-20-17-14-11-8-5-2/h15,18,40H,4-14,16-17,19-39H2,1-3H3/b18-15-. The van der Waals surface area contributed by atoms with E-state index in [4.69, 9.17) is 14.2 Å². The Morgan fingerprint density at radius 3 is 1.08 bits per heavy atom. The van der Waals surface area contributed by atoms with Gasteiger partial charge in [-0.3, -0.25) is 14.4 Å². The van der Waals surface area contributed by atoms with Crippen LogP contribution < -0.4 is 0 Å². The second kappa shape index (κ2) is 38.9. The molecule has 0 heterocycles. The summed E-state index contributed by atoms with van der Waals surface area (Å²) in [6.07, 6.45) is 39.1. The molecule has 0 amide bonds. The average molecular weight is 693 g/mol. The van der Waals surface area contributed by atoms with Crippen molar-refractivity contribution in [2.45, 2.75) is 232 Å². The Kier molecular flexibility index (Phi) is 37.5. The maximum atomic E-state index is 12.6. The molecule has 0 radical (unpaired) electrons. The summed E-state index contributed by atoms with van der Waals surface area (Å²) < 4.78 is 16.6. The topological polar surface area (TPSA) is 78.9 Å². The minimum absolute atomic E-state index is 0.0709. The van der Waals surface area contributed by atoms with E-state index in [0.717, 1.165) is 77.0 Å². The van der Waals surface area contributed by atoms with Crippen molar-refractivity contribution in [3.8, 4) is 0 Å². The van der Waals surface area contributed by atoms with Crippen LogP contribution in [0.1, 0.15) is 226 Å². The zero-order valence-electron chi connectivity index (χ0n) is 32.7. The third kappa shape index (κ3) is 37.2. The van der Waals surface area contributed by atoms with Gasteiger partial charge in [-0.2, -0.15) is 0 Å². The van der Waals surface area contributed by atoms with Crippen LogP contribution in [-0.4, -0.2) is 37.2 Å². The van der Waals surface area contributed by atoms with Gasteiger partial charge in [0, 0.05) is 19.3 Å². The maximum Gasteiger partial charge on any atom is 0.306 e. The van der Waals surface area contributed by atoms with E-state index in [1.165, 1.54) is 109 Å². The van der Waals surface area contributed by atoms with Gasteiger partial charge in [-0.05, 0) is 38.5 Å². The van der Waals surface area contributed by atoms with E-state index in [1.54, 1.807) is 0 Å². The van der Waals surface area contributed by atoms with Gasteiger partial charge < -0.3 is 14.2 Å². The van der Waals surface area contributed by atoms with Crippen molar-refractivity contribution in [3.05, 3.63) is 12.2 Å². The molecule has 0 N–H and O–H groups in total. The molecular weight excluding hydrogens is 612 g/mol. The molecule has 0 rings (SSSR count). The van der Waals surface area contributed by atoms with Crippen molar-refractivity contribution < 1.29 is 28.6 Å². The van der Waals surface area contributed by atoms with E-state index in [0.29, 0.717) is 19.3 Å². The number of carbonyl (C=O) groups is 3. The molecule has 6 heteroatoms. The van der Waals surface area contributed by atoms with Gasteiger partial charge in [0.05, 0.1) is 0 Å². The molecule has 0 aliphatic rings. The third-order valence-electron chi connectivity index (χ3n) is 9.27. The summed E-state index contributed by atoms with van der Waals surface area (Å²) in [5, 5.41) is 0. The zero-order valence-corrected chi connectivity index (χ0v) is 32.7. The first-order chi connectivity index (χ1) is 24.0. The van der Waals surface area contributed by atoms with E-state index in [1.807, 2.05) is 0 Å². The molecule has 6 nitrogen and oxygen atoms in total. The molecular formula is C43H80O6. The Morgan fingerprint density at radius 2 is 0.694 bits per heavy atom. The van der Waals surface area contributed by atoms with E-state index in [-0.39, 0.29) is 31.1 Å². The van der Waals surface area contributed by atoms with E-state index < -0.39 is 6.10 Å². The van der Waals surface area contributed by atoms with Gasteiger partial charge in [0.2, 0.25) is 0 Å². The second-order valence-electron chi connectivity index (χ2n) is 14.3. The summed E-state index contributed by atoms with van der Waals surface area (Å²) in [7, 11) is 0. The smallest absolute Gasteiger partial charge is 0.306 e. The highest BCUT2D eigenvalue weighted by Crippen LogP contribution is 2.14. The molecule has 49 heavy (non-hydrogen) atoms. The number of rotatable bonds is 38. The van der Waals surface area contributed by atoms with Crippen LogP contribution in [0.5, 0.6) is 0 Å². The Hall–Kier alpha value is -1.85. The van der Waals surface area contributed by atoms with Crippen molar-refractivity contribution in [1.82, 2.24) is 0 Å². The highest BCUT2D eigenvalue weighted by molar-refractivity contribution is 5.71. The van der Waals surface area contributed by atoms with Gasteiger partial charge in [0.1, 0.15) is 13.2 Å². The third-order valence-corrected chi connectivity index (χ3v) is 9.27. The van der Waals surface area contributed by atoms with Crippen molar-refractivity contribution in [2.24, 2.45) is 0 Å². The monoisotopic (exact) mass is 693 g/mol. The molecule has 1 atom stereocenters. The Balaban J connectivity index is 4.36. The molecule has 0 bridgehead atoms. The number of ether oxygens (including phenoxy) is 3. The van der Waals surface area contributed by atoms with Crippen LogP contribution in [-0.2, 0) is 28.6 Å². The van der Waals surface area contributed by atoms with E-state index in [2.05, 4.69) is 32.9 Å². The average Bonchev–Trinajstić information content (AvgIpc) is 3.10. The van der Waals surface area contributed by atoms with Crippen LogP contribution in [0.15, 0.2) is 12.2 Å². The summed E-state index contributed by atoms with van der Waals surface area (Å²) in [6.45, 7) is 6.56. The number of hydrogen-bond acceptors (Lipinski definition) is 6. The first-order valence-electron chi connectivity index (χ1n) is 21.2. The van der Waals surface area contributed by atoms with Crippen LogP contribution in [0.3, 0.4) is 0 Å². The summed E-state index contributed by atoms with van der Waals surface area (Å²) in [5.41, 5.74) is 0. The minimum atomic E-state index is -0.765. The normalized spacial score (nSPS) is 12.0. The molecule has 0 saturated carbocycles. The molecule has 0 aromatic heterocycles. The highest BCUT2D eigenvalue weighted by Gasteiger charge is 2.19. The van der Waals surface area contributed by atoms with Crippen LogP contribution >= 0.6 is 0 Å². The summed E-state index contributed by atoms with van der Waals surface area (Å²) in [4.78, 5) is 37.5. The number of allylic oxidation sites excluding steroid dienone is 2. The quantitative estimate of drug-likeness (QED) is 0.0277. The van der Waals surface area contributed by atoms with E-state index in [9.17, 15) is 14.4 Å². The van der Waals surface area contributed by atoms with Gasteiger partial charge in [-0.1, -0.05) is 181 Å². The number of unbranched alkanes of at least 4 members (excludes halogenated alkanes) is 25. The second-order valence-corrected chi connectivity index (χ2v) is 14.3. The lowest BCUT2D eigenvalue weighted by molar-refractivity contribution is -0.167. The first-order valence-corrected chi connectivity index (χ1v) is 21.2. The Labute approximate surface area is 303 Å². The summed E-state index contributed by atoms with van der Waals surface area (Å²) >= 11 is 0. The van der Waals surface area contributed by atoms with Crippen LogP contribution in [0.4, 0.5) is 0 Å². The van der Waals surface area contributed by atoms with Gasteiger partial charge in [0.25, 0.3) is 0 Å². The van der Waals surface area contributed by atoms with Gasteiger partial charge in [0.15, 0.2) is 6.10 Å². The molecule has 0 saturated heterocycles. The van der Waals surface area contributed by atoms with Crippen molar-refractivity contribution in [2.75, 3.05) is 13.2 Å².